The summed E-state index contributed by atoms with van der Waals surface area (Å²) in [5.74, 6) is 0. The third kappa shape index (κ3) is 2.12. The molecule has 82 valence electrons. The number of nitrogen functional groups attached to an aromatic ring is 1. The second-order valence-corrected chi connectivity index (χ2v) is 4.91. The lowest BCUT2D eigenvalue weighted by Gasteiger charge is -2.23. The molecular weight excluding hydrogens is 252 g/mol. The summed E-state index contributed by atoms with van der Waals surface area (Å²) < 4.78 is 1.14. The third-order valence-corrected chi connectivity index (χ3v) is 3.57. The molecule has 1 aromatic rings. The number of halogens is 1. The van der Waals surface area contributed by atoms with Crippen molar-refractivity contribution in [2.45, 2.75) is 26.2 Å². The molecule has 2 nitrogen and oxygen atoms in total. The van der Waals surface area contributed by atoms with E-state index in [1.165, 1.54) is 37.2 Å². The minimum absolute atomic E-state index is 0.849. The van der Waals surface area contributed by atoms with Crippen molar-refractivity contribution in [2.75, 3.05) is 23.7 Å². The predicted octanol–water partition coefficient (Wildman–Crippen LogP) is 3.19. The highest BCUT2D eigenvalue weighted by Crippen LogP contribution is 2.34. The SMILES string of the molecule is CCc1cc(N)cc(Br)c1N1CCCC1. The summed E-state index contributed by atoms with van der Waals surface area (Å²) in [6.07, 6.45) is 3.65. The number of aryl methyl sites for hydroxylation is 1. The van der Waals surface area contributed by atoms with E-state index in [1.807, 2.05) is 6.07 Å². The zero-order valence-electron chi connectivity index (χ0n) is 9.09. The predicted molar refractivity (Wildman–Crippen MR) is 69.4 cm³/mol. The monoisotopic (exact) mass is 268 g/mol. The number of benzene rings is 1. The van der Waals surface area contributed by atoms with Crippen LogP contribution in [-0.4, -0.2) is 13.1 Å². The van der Waals surface area contributed by atoms with E-state index >= 15 is 0 Å². The van der Waals surface area contributed by atoms with Gasteiger partial charge in [-0.1, -0.05) is 6.92 Å². The van der Waals surface area contributed by atoms with Gasteiger partial charge in [0, 0.05) is 23.2 Å². The maximum atomic E-state index is 5.85. The van der Waals surface area contributed by atoms with E-state index in [4.69, 9.17) is 5.73 Å². The van der Waals surface area contributed by atoms with Crippen molar-refractivity contribution in [2.24, 2.45) is 0 Å². The summed E-state index contributed by atoms with van der Waals surface area (Å²) in [6.45, 7) is 4.53. The Morgan fingerprint density at radius 1 is 1.33 bits per heavy atom. The first-order valence-corrected chi connectivity index (χ1v) is 6.34. The Bertz CT molecular complexity index is 357. The molecule has 0 aromatic heterocycles. The topological polar surface area (TPSA) is 29.3 Å². The van der Waals surface area contributed by atoms with Gasteiger partial charge in [-0.15, -0.1) is 0 Å². The normalized spacial score (nSPS) is 16.0. The van der Waals surface area contributed by atoms with Gasteiger partial charge in [-0.3, -0.25) is 0 Å². The van der Waals surface area contributed by atoms with Gasteiger partial charge in [-0.2, -0.15) is 0 Å². The van der Waals surface area contributed by atoms with Gasteiger partial charge in [0.25, 0.3) is 0 Å². The first-order valence-electron chi connectivity index (χ1n) is 5.55. The van der Waals surface area contributed by atoms with E-state index in [0.29, 0.717) is 0 Å². The minimum Gasteiger partial charge on any atom is -0.399 e. The molecule has 1 aliphatic rings. The van der Waals surface area contributed by atoms with Crippen LogP contribution in [0.3, 0.4) is 0 Å². The molecule has 0 amide bonds. The number of nitrogens with zero attached hydrogens (tertiary/aromatic N) is 1. The van der Waals surface area contributed by atoms with Crippen molar-refractivity contribution in [1.29, 1.82) is 0 Å². The van der Waals surface area contributed by atoms with Crippen molar-refractivity contribution in [3.8, 4) is 0 Å². The molecule has 1 fully saturated rings. The molecule has 0 atom stereocenters. The van der Waals surface area contributed by atoms with E-state index in [2.05, 4.69) is 33.8 Å². The van der Waals surface area contributed by atoms with Crippen LogP contribution < -0.4 is 10.6 Å². The van der Waals surface area contributed by atoms with Crippen LogP contribution in [0.15, 0.2) is 16.6 Å². The summed E-state index contributed by atoms with van der Waals surface area (Å²) in [6, 6.07) is 4.10. The van der Waals surface area contributed by atoms with E-state index < -0.39 is 0 Å². The smallest absolute Gasteiger partial charge is 0.0544 e. The maximum absolute atomic E-state index is 5.85. The van der Waals surface area contributed by atoms with Crippen LogP contribution in [0.2, 0.25) is 0 Å². The average Bonchev–Trinajstić information content (AvgIpc) is 2.69. The van der Waals surface area contributed by atoms with E-state index in [1.54, 1.807) is 0 Å². The van der Waals surface area contributed by atoms with Gasteiger partial charge in [-0.25, -0.2) is 0 Å². The molecule has 0 saturated carbocycles. The van der Waals surface area contributed by atoms with Gasteiger partial charge in [0.1, 0.15) is 0 Å². The molecule has 0 unspecified atom stereocenters. The molecule has 3 heteroatoms. The van der Waals surface area contributed by atoms with Crippen LogP contribution >= 0.6 is 15.9 Å². The Morgan fingerprint density at radius 3 is 2.60 bits per heavy atom. The molecule has 1 saturated heterocycles. The third-order valence-electron chi connectivity index (χ3n) is 2.97. The first kappa shape index (κ1) is 10.8. The second-order valence-electron chi connectivity index (χ2n) is 4.06. The van der Waals surface area contributed by atoms with Crippen LogP contribution in [-0.2, 0) is 6.42 Å². The molecular formula is C12H17BrN2. The Labute approximate surface area is 99.6 Å². The van der Waals surface area contributed by atoms with Gasteiger partial charge in [-0.05, 0) is 52.9 Å². The summed E-state index contributed by atoms with van der Waals surface area (Å²) in [5, 5.41) is 0. The number of rotatable bonds is 2. The van der Waals surface area contributed by atoms with Crippen LogP contribution in [0.25, 0.3) is 0 Å². The Hall–Kier alpha value is -0.700. The lowest BCUT2D eigenvalue weighted by Crippen LogP contribution is -2.20. The summed E-state index contributed by atoms with van der Waals surface area (Å²) >= 11 is 3.63. The van der Waals surface area contributed by atoms with E-state index in [0.717, 1.165) is 16.6 Å². The molecule has 15 heavy (non-hydrogen) atoms. The molecule has 0 bridgehead atoms. The van der Waals surface area contributed by atoms with Gasteiger partial charge in [0.15, 0.2) is 0 Å². The fourth-order valence-electron chi connectivity index (χ4n) is 2.24. The van der Waals surface area contributed by atoms with Crippen molar-refractivity contribution in [1.82, 2.24) is 0 Å². The van der Waals surface area contributed by atoms with Crippen molar-refractivity contribution < 1.29 is 0 Å². The lowest BCUT2D eigenvalue weighted by molar-refractivity contribution is 0.944. The quantitative estimate of drug-likeness (QED) is 0.835. The highest BCUT2D eigenvalue weighted by Gasteiger charge is 2.18. The molecule has 2 N–H and O–H groups in total. The maximum Gasteiger partial charge on any atom is 0.0544 e. The van der Waals surface area contributed by atoms with Crippen LogP contribution in [0.1, 0.15) is 25.3 Å². The first-order chi connectivity index (χ1) is 7.22. The highest BCUT2D eigenvalue weighted by atomic mass is 79.9. The molecule has 1 aliphatic heterocycles. The van der Waals surface area contributed by atoms with E-state index in [9.17, 15) is 0 Å². The van der Waals surface area contributed by atoms with E-state index in [-0.39, 0.29) is 0 Å². The highest BCUT2D eigenvalue weighted by molar-refractivity contribution is 9.10. The fourth-order valence-corrected chi connectivity index (χ4v) is 3.01. The largest absolute Gasteiger partial charge is 0.399 e. The Balaban J connectivity index is 2.43. The van der Waals surface area contributed by atoms with Crippen LogP contribution in [0.5, 0.6) is 0 Å². The molecule has 1 aromatic carbocycles. The minimum atomic E-state index is 0.849. The standard InChI is InChI=1S/C12H17BrN2/c1-2-9-7-10(14)8-11(13)12(9)15-5-3-4-6-15/h7-8H,2-6,14H2,1H3. The summed E-state index contributed by atoms with van der Waals surface area (Å²) in [7, 11) is 0. The number of hydrogen-bond donors (Lipinski definition) is 1. The Kier molecular flexibility index (Phi) is 3.19. The van der Waals surface area contributed by atoms with Gasteiger partial charge in [0.2, 0.25) is 0 Å². The van der Waals surface area contributed by atoms with Crippen LogP contribution in [0.4, 0.5) is 11.4 Å². The number of nitrogens with two attached hydrogens (primary N) is 1. The van der Waals surface area contributed by atoms with Crippen molar-refractivity contribution in [3.63, 3.8) is 0 Å². The molecule has 0 spiro atoms. The van der Waals surface area contributed by atoms with Gasteiger partial charge in [0.05, 0.1) is 5.69 Å². The Morgan fingerprint density at radius 2 is 2.00 bits per heavy atom. The second kappa shape index (κ2) is 4.44. The number of anilines is 2. The molecule has 2 rings (SSSR count). The molecule has 1 heterocycles. The lowest BCUT2D eigenvalue weighted by atomic mass is 10.1. The summed E-state index contributed by atoms with van der Waals surface area (Å²) in [5.41, 5.74) is 9.40. The molecule has 0 radical (unpaired) electrons. The number of hydrogen-bond acceptors (Lipinski definition) is 2. The van der Waals surface area contributed by atoms with Crippen LogP contribution in [0, 0.1) is 0 Å². The zero-order valence-corrected chi connectivity index (χ0v) is 10.7. The average molecular weight is 269 g/mol. The van der Waals surface area contributed by atoms with Crippen molar-refractivity contribution >= 4 is 27.3 Å². The molecule has 0 aliphatic carbocycles. The van der Waals surface area contributed by atoms with Crippen molar-refractivity contribution in [3.05, 3.63) is 22.2 Å². The zero-order chi connectivity index (χ0) is 10.8. The fraction of sp³-hybridized carbons (Fsp3) is 0.500. The van der Waals surface area contributed by atoms with Gasteiger partial charge < -0.3 is 10.6 Å². The summed E-state index contributed by atoms with van der Waals surface area (Å²) in [4.78, 5) is 2.46. The van der Waals surface area contributed by atoms with Gasteiger partial charge >= 0.3 is 0 Å².